The zero-order valence-corrected chi connectivity index (χ0v) is 13.7. The Morgan fingerprint density at radius 3 is 2.83 bits per heavy atom. The van der Waals surface area contributed by atoms with Crippen molar-refractivity contribution in [2.45, 2.75) is 19.1 Å². The number of nitrogens with zero attached hydrogens (tertiary/aromatic N) is 4. The number of amides is 2. The predicted molar refractivity (Wildman–Crippen MR) is 85.4 cm³/mol. The second kappa shape index (κ2) is 6.45. The number of nitrogens with one attached hydrogen (secondary N) is 1. The highest BCUT2D eigenvalue weighted by atomic mass is 35.5. The highest BCUT2D eigenvalue weighted by molar-refractivity contribution is 6.32. The SMILES string of the molecule is C[C@@H](NC(=O)N1CC(Oc2ccccc2Cl)C1)c1nncn1C. The van der Waals surface area contributed by atoms with Gasteiger partial charge in [0, 0.05) is 7.05 Å². The molecule has 2 aromatic rings. The van der Waals surface area contributed by atoms with Crippen LogP contribution in [0.3, 0.4) is 0 Å². The number of hydrogen-bond donors (Lipinski definition) is 1. The zero-order valence-electron chi connectivity index (χ0n) is 12.9. The van der Waals surface area contributed by atoms with Gasteiger partial charge in [-0.3, -0.25) is 0 Å². The minimum Gasteiger partial charge on any atom is -0.485 e. The van der Waals surface area contributed by atoms with Crippen LogP contribution in [0.1, 0.15) is 18.8 Å². The lowest BCUT2D eigenvalue weighted by Gasteiger charge is -2.39. The summed E-state index contributed by atoms with van der Waals surface area (Å²) in [7, 11) is 1.84. The molecule has 1 aromatic heterocycles. The number of likely N-dealkylation sites (tertiary alicyclic amines) is 1. The van der Waals surface area contributed by atoms with Gasteiger partial charge in [-0.15, -0.1) is 10.2 Å². The minimum atomic E-state index is -0.210. The number of carbonyl (C=O) groups excluding carboxylic acids is 1. The van der Waals surface area contributed by atoms with Crippen LogP contribution < -0.4 is 10.1 Å². The van der Waals surface area contributed by atoms with E-state index in [1.165, 1.54) is 0 Å². The molecule has 0 spiro atoms. The summed E-state index contributed by atoms with van der Waals surface area (Å²) in [5.74, 6) is 1.36. The van der Waals surface area contributed by atoms with Gasteiger partial charge >= 0.3 is 6.03 Å². The summed E-state index contributed by atoms with van der Waals surface area (Å²) in [6, 6.07) is 6.97. The van der Waals surface area contributed by atoms with Crippen LogP contribution in [-0.2, 0) is 7.05 Å². The van der Waals surface area contributed by atoms with Crippen LogP contribution in [0.2, 0.25) is 5.02 Å². The topological polar surface area (TPSA) is 72.3 Å². The second-order valence-corrected chi connectivity index (χ2v) is 5.95. The quantitative estimate of drug-likeness (QED) is 0.927. The van der Waals surface area contributed by atoms with Crippen molar-refractivity contribution in [3.63, 3.8) is 0 Å². The molecule has 0 unspecified atom stereocenters. The summed E-state index contributed by atoms with van der Waals surface area (Å²) >= 11 is 6.06. The van der Waals surface area contributed by atoms with Gasteiger partial charge in [-0.2, -0.15) is 0 Å². The van der Waals surface area contributed by atoms with E-state index in [4.69, 9.17) is 16.3 Å². The van der Waals surface area contributed by atoms with Crippen molar-refractivity contribution in [1.82, 2.24) is 25.0 Å². The van der Waals surface area contributed by atoms with Crippen molar-refractivity contribution in [1.29, 1.82) is 0 Å². The molecule has 1 saturated heterocycles. The van der Waals surface area contributed by atoms with Gasteiger partial charge in [0.1, 0.15) is 18.2 Å². The van der Waals surface area contributed by atoms with E-state index in [9.17, 15) is 4.79 Å². The van der Waals surface area contributed by atoms with E-state index in [2.05, 4.69) is 15.5 Å². The Morgan fingerprint density at radius 2 is 2.17 bits per heavy atom. The maximum absolute atomic E-state index is 12.2. The van der Waals surface area contributed by atoms with Gasteiger partial charge in [0.2, 0.25) is 0 Å². The summed E-state index contributed by atoms with van der Waals surface area (Å²) in [6.45, 7) is 2.94. The molecule has 0 saturated carbocycles. The van der Waals surface area contributed by atoms with Crippen LogP contribution in [0.4, 0.5) is 4.79 Å². The Morgan fingerprint density at radius 1 is 1.43 bits per heavy atom. The Hall–Kier alpha value is -2.28. The minimum absolute atomic E-state index is 0.0363. The van der Waals surface area contributed by atoms with Crippen LogP contribution in [0.25, 0.3) is 0 Å². The lowest BCUT2D eigenvalue weighted by Crippen LogP contribution is -2.59. The molecule has 1 fully saturated rings. The van der Waals surface area contributed by atoms with Crippen LogP contribution in [-0.4, -0.2) is 44.9 Å². The van der Waals surface area contributed by atoms with Gasteiger partial charge in [0.25, 0.3) is 0 Å². The van der Waals surface area contributed by atoms with Gasteiger partial charge in [0.05, 0.1) is 24.2 Å². The third kappa shape index (κ3) is 3.39. The molecule has 0 bridgehead atoms. The number of hydrogen-bond acceptors (Lipinski definition) is 4. The van der Waals surface area contributed by atoms with Crippen LogP contribution >= 0.6 is 11.6 Å². The molecule has 2 amide bonds. The van der Waals surface area contributed by atoms with Gasteiger partial charge in [0.15, 0.2) is 5.82 Å². The zero-order chi connectivity index (χ0) is 16.4. The second-order valence-electron chi connectivity index (χ2n) is 5.55. The number of halogens is 1. The van der Waals surface area contributed by atoms with E-state index in [1.54, 1.807) is 21.9 Å². The van der Waals surface area contributed by atoms with Crippen molar-refractivity contribution >= 4 is 17.6 Å². The average molecular weight is 336 g/mol. The first-order chi connectivity index (χ1) is 11.0. The van der Waals surface area contributed by atoms with Crippen molar-refractivity contribution in [2.75, 3.05) is 13.1 Å². The van der Waals surface area contributed by atoms with Crippen LogP contribution in [0.15, 0.2) is 30.6 Å². The predicted octanol–water partition coefficient (Wildman–Crippen LogP) is 2.00. The first-order valence-electron chi connectivity index (χ1n) is 7.35. The van der Waals surface area contributed by atoms with Crippen molar-refractivity contribution in [3.8, 4) is 5.75 Å². The third-order valence-corrected chi connectivity index (χ3v) is 4.05. The molecule has 7 nitrogen and oxygen atoms in total. The molecule has 1 atom stereocenters. The van der Waals surface area contributed by atoms with E-state index in [-0.39, 0.29) is 18.2 Å². The van der Waals surface area contributed by atoms with E-state index in [0.29, 0.717) is 29.7 Å². The molecule has 1 aromatic carbocycles. The fraction of sp³-hybridized carbons (Fsp3) is 0.400. The van der Waals surface area contributed by atoms with Gasteiger partial charge < -0.3 is 19.5 Å². The summed E-state index contributed by atoms with van der Waals surface area (Å²) in [5, 5.41) is 11.3. The number of ether oxygens (including phenoxy) is 1. The fourth-order valence-corrected chi connectivity index (χ4v) is 2.60. The Balaban J connectivity index is 1.48. The first kappa shape index (κ1) is 15.6. The van der Waals surface area contributed by atoms with Gasteiger partial charge in [-0.1, -0.05) is 23.7 Å². The smallest absolute Gasteiger partial charge is 0.318 e. The van der Waals surface area contributed by atoms with Gasteiger partial charge in [-0.25, -0.2) is 4.79 Å². The fourth-order valence-electron chi connectivity index (χ4n) is 2.42. The van der Waals surface area contributed by atoms with Crippen LogP contribution in [0.5, 0.6) is 5.75 Å². The molecule has 1 N–H and O–H groups in total. The molecular formula is C15H18ClN5O2. The summed E-state index contributed by atoms with van der Waals surface area (Å²) in [6.07, 6.45) is 1.57. The number of aromatic nitrogens is 3. The van der Waals surface area contributed by atoms with E-state index in [0.717, 1.165) is 0 Å². The Bertz CT molecular complexity index is 699. The number of urea groups is 1. The number of para-hydroxylation sites is 1. The summed E-state index contributed by atoms with van der Waals surface area (Å²) in [5.41, 5.74) is 0. The molecule has 0 radical (unpaired) electrons. The molecule has 0 aliphatic carbocycles. The maximum atomic E-state index is 12.2. The molecule has 122 valence electrons. The number of aryl methyl sites for hydroxylation is 1. The molecule has 23 heavy (non-hydrogen) atoms. The van der Waals surface area contributed by atoms with Crippen molar-refractivity contribution in [3.05, 3.63) is 41.4 Å². The van der Waals surface area contributed by atoms with E-state index < -0.39 is 0 Å². The largest absolute Gasteiger partial charge is 0.485 e. The van der Waals surface area contributed by atoms with Gasteiger partial charge in [-0.05, 0) is 19.1 Å². The van der Waals surface area contributed by atoms with Crippen LogP contribution in [0, 0.1) is 0 Å². The number of benzene rings is 1. The first-order valence-corrected chi connectivity index (χ1v) is 7.73. The normalized spacial score (nSPS) is 15.9. The molecule has 1 aliphatic heterocycles. The highest BCUT2D eigenvalue weighted by Gasteiger charge is 2.33. The summed E-state index contributed by atoms with van der Waals surface area (Å²) < 4.78 is 7.56. The molecule has 2 heterocycles. The molecular weight excluding hydrogens is 318 g/mol. The van der Waals surface area contributed by atoms with Crippen molar-refractivity contribution < 1.29 is 9.53 Å². The maximum Gasteiger partial charge on any atom is 0.318 e. The molecule has 3 rings (SSSR count). The van der Waals surface area contributed by atoms with Crippen molar-refractivity contribution in [2.24, 2.45) is 7.05 Å². The van der Waals surface area contributed by atoms with E-state index >= 15 is 0 Å². The lowest BCUT2D eigenvalue weighted by atomic mass is 10.2. The molecule has 1 aliphatic rings. The highest BCUT2D eigenvalue weighted by Crippen LogP contribution is 2.26. The summed E-state index contributed by atoms with van der Waals surface area (Å²) in [4.78, 5) is 13.9. The van der Waals surface area contributed by atoms with E-state index in [1.807, 2.05) is 32.2 Å². The Kier molecular flexibility index (Phi) is 4.38. The third-order valence-electron chi connectivity index (χ3n) is 3.74. The Labute approximate surface area is 139 Å². The monoisotopic (exact) mass is 335 g/mol. The molecule has 8 heteroatoms. The standard InChI is InChI=1S/C15H18ClN5O2/c1-10(14-19-17-9-20(14)2)18-15(22)21-7-11(8-21)23-13-6-4-3-5-12(13)16/h3-6,9-11H,7-8H2,1-2H3,(H,18,22)/t10-/m1/s1. The lowest BCUT2D eigenvalue weighted by molar-refractivity contribution is 0.0435. The number of carbonyl (C=O) groups is 1. The number of rotatable bonds is 4. The average Bonchev–Trinajstić information content (AvgIpc) is 2.90.